The van der Waals surface area contributed by atoms with Crippen molar-refractivity contribution in [3.05, 3.63) is 58.6 Å². The van der Waals surface area contributed by atoms with E-state index < -0.39 is 0 Å². The Labute approximate surface area is 122 Å². The maximum absolute atomic E-state index is 5.55. The predicted octanol–water partition coefficient (Wildman–Crippen LogP) is 3.94. The minimum absolute atomic E-state index is 0. The Morgan fingerprint density at radius 1 is 0.867 bits per heavy atom. The molecule has 0 N–H and O–H groups in total. The number of hydrogen-bond donors (Lipinski definition) is 0. The molecule has 1 aromatic rings. The zero-order valence-corrected chi connectivity index (χ0v) is 12.1. The van der Waals surface area contributed by atoms with Crippen molar-refractivity contribution in [2.24, 2.45) is 0 Å². The molecule has 1 aliphatic rings. The third kappa shape index (κ3) is 8.08. The largest absolute Gasteiger partial charge is 0.0872 e. The van der Waals surface area contributed by atoms with E-state index in [2.05, 4.69) is 0 Å². The zero-order chi connectivity index (χ0) is 9.52. The normalized spacial score (nSPS) is 12.1. The summed E-state index contributed by atoms with van der Waals surface area (Å²) in [4.78, 5) is 0. The molecule has 0 fully saturated rings. The van der Waals surface area contributed by atoms with E-state index in [1.54, 1.807) is 0 Å². The van der Waals surface area contributed by atoms with E-state index >= 15 is 0 Å². The van der Waals surface area contributed by atoms with E-state index in [4.69, 9.17) is 23.2 Å². The molecule has 0 amide bonds. The van der Waals surface area contributed by atoms with Crippen molar-refractivity contribution in [1.29, 1.82) is 0 Å². The van der Waals surface area contributed by atoms with Gasteiger partial charge in [-0.3, -0.25) is 0 Å². The van der Waals surface area contributed by atoms with E-state index in [9.17, 15) is 0 Å². The fourth-order valence-electron chi connectivity index (χ4n) is 0.839. The van der Waals surface area contributed by atoms with Crippen LogP contribution in [0.15, 0.2) is 58.6 Å². The zero-order valence-electron chi connectivity index (χ0n) is 8.16. The first-order valence-corrected chi connectivity index (χ1v) is 4.77. The molecule has 2 rings (SSSR count). The predicted molar refractivity (Wildman–Crippen MR) is 64.7 cm³/mol. The van der Waals surface area contributed by atoms with Crippen LogP contribution in [0.5, 0.6) is 0 Å². The second-order valence-electron chi connectivity index (χ2n) is 2.51. The Hall–Kier alpha value is 0.228. The van der Waals surface area contributed by atoms with Crippen molar-refractivity contribution < 1.29 is 26.2 Å². The van der Waals surface area contributed by atoms with Gasteiger partial charge in [-0.25, -0.2) is 0 Å². The van der Waals surface area contributed by atoms with Crippen molar-refractivity contribution in [2.45, 2.75) is 6.42 Å². The molecule has 0 bridgehead atoms. The van der Waals surface area contributed by atoms with Gasteiger partial charge in [-0.2, -0.15) is 0 Å². The minimum Gasteiger partial charge on any atom is -0.0872 e. The molecule has 0 unspecified atom stereocenters. The SMILES string of the molecule is ClC1=C(Cl)CC=C1.[B].[Zr].c1ccccc1. The van der Waals surface area contributed by atoms with Crippen LogP contribution in [0.25, 0.3) is 0 Å². The van der Waals surface area contributed by atoms with Gasteiger partial charge in [-0.1, -0.05) is 65.7 Å². The molecule has 0 spiro atoms. The molecule has 0 saturated carbocycles. The van der Waals surface area contributed by atoms with Gasteiger partial charge in [0.25, 0.3) is 0 Å². The van der Waals surface area contributed by atoms with Crippen LogP contribution in [-0.4, -0.2) is 8.41 Å². The van der Waals surface area contributed by atoms with Crippen LogP contribution in [-0.2, 0) is 26.2 Å². The second-order valence-corrected chi connectivity index (χ2v) is 3.38. The van der Waals surface area contributed by atoms with Gasteiger partial charge < -0.3 is 0 Å². The number of rotatable bonds is 0. The van der Waals surface area contributed by atoms with E-state index in [1.807, 2.05) is 48.6 Å². The molecule has 0 atom stereocenters. The van der Waals surface area contributed by atoms with Gasteiger partial charge in [0, 0.05) is 46.1 Å². The minimum atomic E-state index is 0. The number of hydrogen-bond acceptors (Lipinski definition) is 0. The number of halogens is 2. The summed E-state index contributed by atoms with van der Waals surface area (Å²) in [5.41, 5.74) is 0. The summed E-state index contributed by atoms with van der Waals surface area (Å²) in [6, 6.07) is 12.0. The van der Waals surface area contributed by atoms with Crippen LogP contribution >= 0.6 is 23.2 Å². The molecule has 0 nitrogen and oxygen atoms in total. The average molecular weight is 315 g/mol. The molecule has 1 aliphatic carbocycles. The van der Waals surface area contributed by atoms with E-state index in [1.165, 1.54) is 0 Å². The maximum Gasteiger partial charge on any atom is 0.0551 e. The van der Waals surface area contributed by atoms with Crippen molar-refractivity contribution in [2.75, 3.05) is 0 Å². The maximum atomic E-state index is 5.55. The third-order valence-electron chi connectivity index (χ3n) is 1.49. The van der Waals surface area contributed by atoms with Gasteiger partial charge in [-0.05, 0) is 6.08 Å². The Bertz CT molecular complexity index is 283. The van der Waals surface area contributed by atoms with Gasteiger partial charge in [-0.15, -0.1) is 0 Å². The van der Waals surface area contributed by atoms with Crippen molar-refractivity contribution in [3.63, 3.8) is 0 Å². The second kappa shape index (κ2) is 10.7. The summed E-state index contributed by atoms with van der Waals surface area (Å²) < 4.78 is 0. The van der Waals surface area contributed by atoms with Crippen LogP contribution in [0.1, 0.15) is 6.42 Å². The molecule has 15 heavy (non-hydrogen) atoms. The molecule has 75 valence electrons. The van der Waals surface area contributed by atoms with Crippen LogP contribution in [0.3, 0.4) is 0 Å². The van der Waals surface area contributed by atoms with Crippen molar-refractivity contribution in [3.8, 4) is 0 Å². The summed E-state index contributed by atoms with van der Waals surface area (Å²) in [5.74, 6) is 0. The van der Waals surface area contributed by atoms with Crippen LogP contribution in [0.4, 0.5) is 0 Å². The first-order chi connectivity index (χ1) is 6.30. The summed E-state index contributed by atoms with van der Waals surface area (Å²) in [6.45, 7) is 0. The van der Waals surface area contributed by atoms with Crippen LogP contribution in [0, 0.1) is 0 Å². The molecule has 0 aromatic heterocycles. The van der Waals surface area contributed by atoms with Crippen LogP contribution in [0.2, 0.25) is 0 Å². The van der Waals surface area contributed by atoms with Gasteiger partial charge in [0.05, 0.1) is 5.03 Å². The van der Waals surface area contributed by atoms with Crippen molar-refractivity contribution >= 4 is 31.6 Å². The fourth-order valence-corrected chi connectivity index (χ4v) is 1.16. The Balaban J connectivity index is 0. The summed E-state index contributed by atoms with van der Waals surface area (Å²) in [7, 11) is 0. The van der Waals surface area contributed by atoms with Gasteiger partial charge >= 0.3 is 0 Å². The van der Waals surface area contributed by atoms with Gasteiger partial charge in [0.2, 0.25) is 0 Å². The Morgan fingerprint density at radius 2 is 1.27 bits per heavy atom. The molecule has 3 radical (unpaired) electrons. The first kappa shape index (κ1) is 17.6. The molecular weight excluding hydrogens is 305 g/mol. The van der Waals surface area contributed by atoms with Crippen molar-refractivity contribution in [1.82, 2.24) is 0 Å². The van der Waals surface area contributed by atoms with E-state index in [-0.39, 0.29) is 34.6 Å². The van der Waals surface area contributed by atoms with E-state index in [0.29, 0.717) is 5.03 Å². The smallest absolute Gasteiger partial charge is 0.0551 e. The van der Waals surface area contributed by atoms with Crippen LogP contribution < -0.4 is 0 Å². The molecule has 0 saturated heterocycles. The summed E-state index contributed by atoms with van der Waals surface area (Å²) in [5, 5.41) is 1.43. The summed E-state index contributed by atoms with van der Waals surface area (Å²) >= 11 is 11.1. The molecular formula is C11H10BCl2Zr. The molecule has 0 heterocycles. The average Bonchev–Trinajstić information content (AvgIpc) is 2.55. The number of allylic oxidation sites excluding steroid dienone is 4. The standard InChI is InChI=1S/C6H6.C5H4Cl2.B.Zr/c1-2-4-6-5-3-1;6-4-2-1-3-5(4)7;;/h1-6H;1-2H,3H2;;. The van der Waals surface area contributed by atoms with Gasteiger partial charge in [0.1, 0.15) is 0 Å². The summed E-state index contributed by atoms with van der Waals surface area (Å²) in [6.07, 6.45) is 4.55. The fraction of sp³-hybridized carbons (Fsp3) is 0.0909. The van der Waals surface area contributed by atoms with E-state index in [0.717, 1.165) is 11.5 Å². The third-order valence-corrected chi connectivity index (χ3v) is 2.30. The Kier molecular flexibility index (Phi) is 12.6. The Morgan fingerprint density at radius 3 is 1.40 bits per heavy atom. The first-order valence-electron chi connectivity index (χ1n) is 4.01. The molecule has 0 aliphatic heterocycles. The molecule has 1 aromatic carbocycles. The quantitative estimate of drug-likeness (QED) is 0.636. The van der Waals surface area contributed by atoms with Gasteiger partial charge in [0.15, 0.2) is 0 Å². The monoisotopic (exact) mass is 313 g/mol. The molecule has 4 heteroatoms. The number of benzene rings is 1. The topological polar surface area (TPSA) is 0 Å².